The molecule has 1 N–H and O–H groups in total. The van der Waals surface area contributed by atoms with Gasteiger partial charge in [-0.1, -0.05) is 19.1 Å². The summed E-state index contributed by atoms with van der Waals surface area (Å²) in [5.41, 5.74) is -1.06. The SMILES string of the molecule is C[C@@H]1CC[C@H]2C(=O)N(c3ccc(C(=O)OCC(=O)Nc4ccccc4C(F)(F)F)cc3)C(=O)[C@@H]2C1. The van der Waals surface area contributed by atoms with Crippen molar-refractivity contribution in [3.05, 3.63) is 59.7 Å². The Bertz CT molecular complexity index is 1160. The second-order valence-corrected chi connectivity index (χ2v) is 8.86. The fraction of sp³-hybridized carbons (Fsp3) is 0.360. The molecule has 0 aromatic heterocycles. The molecular formula is C25H23F3N2O5. The monoisotopic (exact) mass is 488 g/mol. The van der Waals surface area contributed by atoms with Gasteiger partial charge < -0.3 is 10.1 Å². The summed E-state index contributed by atoms with van der Waals surface area (Å²) in [4.78, 5) is 51.1. The summed E-state index contributed by atoms with van der Waals surface area (Å²) in [6.07, 6.45) is -2.41. The minimum atomic E-state index is -4.66. The summed E-state index contributed by atoms with van der Waals surface area (Å²) < 4.78 is 44.1. The number of imide groups is 1. The number of esters is 1. The topological polar surface area (TPSA) is 92.8 Å². The van der Waals surface area contributed by atoms with Crippen molar-refractivity contribution in [2.45, 2.75) is 32.4 Å². The molecule has 1 heterocycles. The third-order valence-corrected chi connectivity index (χ3v) is 6.39. The number of hydrogen-bond acceptors (Lipinski definition) is 5. The van der Waals surface area contributed by atoms with Gasteiger partial charge in [0.2, 0.25) is 11.8 Å². The number of nitrogens with zero attached hydrogens (tertiary/aromatic N) is 1. The number of hydrogen-bond donors (Lipinski definition) is 1. The van der Waals surface area contributed by atoms with Crippen molar-refractivity contribution in [3.8, 4) is 0 Å². The molecule has 10 heteroatoms. The molecule has 2 aromatic carbocycles. The normalized spacial score (nSPS) is 22.1. The molecule has 1 aliphatic carbocycles. The van der Waals surface area contributed by atoms with E-state index < -0.39 is 35.9 Å². The van der Waals surface area contributed by atoms with Crippen LogP contribution in [-0.4, -0.2) is 30.3 Å². The first kappa shape index (κ1) is 24.4. The van der Waals surface area contributed by atoms with Gasteiger partial charge in [-0.3, -0.25) is 19.3 Å². The van der Waals surface area contributed by atoms with Crippen LogP contribution in [0.2, 0.25) is 0 Å². The van der Waals surface area contributed by atoms with E-state index in [9.17, 15) is 32.3 Å². The van der Waals surface area contributed by atoms with E-state index in [0.29, 0.717) is 24.4 Å². The maximum absolute atomic E-state index is 13.0. The van der Waals surface area contributed by atoms with E-state index >= 15 is 0 Å². The highest BCUT2D eigenvalue weighted by Crippen LogP contribution is 2.42. The Morgan fingerprint density at radius 3 is 2.34 bits per heavy atom. The Balaban J connectivity index is 1.37. The second kappa shape index (κ2) is 9.52. The molecule has 0 bridgehead atoms. The summed E-state index contributed by atoms with van der Waals surface area (Å²) in [5, 5.41) is 2.09. The van der Waals surface area contributed by atoms with Crippen LogP contribution >= 0.6 is 0 Å². The van der Waals surface area contributed by atoms with E-state index in [1.807, 2.05) is 0 Å². The maximum Gasteiger partial charge on any atom is 0.418 e. The number of carbonyl (C=O) groups excluding carboxylic acids is 4. The van der Waals surface area contributed by atoms with Gasteiger partial charge in [0.15, 0.2) is 6.61 Å². The van der Waals surface area contributed by atoms with Crippen LogP contribution < -0.4 is 10.2 Å². The van der Waals surface area contributed by atoms with Gasteiger partial charge in [0.25, 0.3) is 5.91 Å². The first-order valence-electron chi connectivity index (χ1n) is 11.2. The first-order chi connectivity index (χ1) is 16.6. The van der Waals surface area contributed by atoms with Crippen LogP contribution in [0.25, 0.3) is 0 Å². The summed E-state index contributed by atoms with van der Waals surface area (Å²) >= 11 is 0. The third kappa shape index (κ3) is 5.06. The van der Waals surface area contributed by atoms with Crippen molar-refractivity contribution < 1.29 is 37.1 Å². The number of benzene rings is 2. The van der Waals surface area contributed by atoms with Gasteiger partial charge in [0.05, 0.1) is 34.3 Å². The average molecular weight is 488 g/mol. The largest absolute Gasteiger partial charge is 0.452 e. The first-order valence-corrected chi connectivity index (χ1v) is 11.2. The summed E-state index contributed by atoms with van der Waals surface area (Å²) in [6, 6.07) is 10.1. The van der Waals surface area contributed by atoms with E-state index in [1.54, 1.807) is 0 Å². The van der Waals surface area contributed by atoms with Gasteiger partial charge in [0.1, 0.15) is 0 Å². The number of ether oxygens (including phenoxy) is 1. The lowest BCUT2D eigenvalue weighted by Crippen LogP contribution is -2.30. The number of alkyl halides is 3. The van der Waals surface area contributed by atoms with Crippen LogP contribution in [-0.2, 0) is 25.3 Å². The van der Waals surface area contributed by atoms with Gasteiger partial charge in [-0.25, -0.2) is 4.79 Å². The van der Waals surface area contributed by atoms with Crippen LogP contribution in [0.5, 0.6) is 0 Å². The number of halogens is 3. The van der Waals surface area contributed by atoms with Crippen molar-refractivity contribution >= 4 is 35.1 Å². The van der Waals surface area contributed by atoms with Gasteiger partial charge in [-0.2, -0.15) is 13.2 Å². The predicted octanol–water partition coefficient (Wildman–Crippen LogP) is 4.43. The number of rotatable bonds is 5. The Labute approximate surface area is 199 Å². The summed E-state index contributed by atoms with van der Waals surface area (Å²) in [6.45, 7) is 1.27. The van der Waals surface area contributed by atoms with Crippen molar-refractivity contribution in [1.82, 2.24) is 0 Å². The van der Waals surface area contributed by atoms with Crippen molar-refractivity contribution in [2.75, 3.05) is 16.8 Å². The van der Waals surface area contributed by atoms with Gasteiger partial charge in [0, 0.05) is 0 Å². The highest BCUT2D eigenvalue weighted by Gasteiger charge is 2.49. The molecule has 2 aromatic rings. The molecule has 2 fully saturated rings. The molecule has 3 amide bonds. The lowest BCUT2D eigenvalue weighted by atomic mass is 9.76. The fourth-order valence-electron chi connectivity index (χ4n) is 4.63. The van der Waals surface area contributed by atoms with Crippen LogP contribution in [0, 0.1) is 17.8 Å². The number of para-hydroxylation sites is 1. The number of nitrogens with one attached hydrogen (secondary N) is 1. The fourth-order valence-corrected chi connectivity index (χ4v) is 4.63. The quantitative estimate of drug-likeness (QED) is 0.497. The lowest BCUT2D eigenvalue weighted by Gasteiger charge is -2.25. The molecular weight excluding hydrogens is 465 g/mol. The average Bonchev–Trinajstić information content (AvgIpc) is 3.06. The van der Waals surface area contributed by atoms with Crippen molar-refractivity contribution in [3.63, 3.8) is 0 Å². The summed E-state index contributed by atoms with van der Waals surface area (Å²) in [5.74, 6) is -2.55. The minimum Gasteiger partial charge on any atom is -0.452 e. The zero-order chi connectivity index (χ0) is 25.3. The van der Waals surface area contributed by atoms with Gasteiger partial charge in [-0.05, 0) is 61.6 Å². The zero-order valence-electron chi connectivity index (χ0n) is 18.8. The molecule has 1 saturated carbocycles. The van der Waals surface area contributed by atoms with E-state index in [1.165, 1.54) is 36.4 Å². The molecule has 0 unspecified atom stereocenters. The molecule has 0 spiro atoms. The smallest absolute Gasteiger partial charge is 0.418 e. The molecule has 7 nitrogen and oxygen atoms in total. The maximum atomic E-state index is 13.0. The lowest BCUT2D eigenvalue weighted by molar-refractivity contribution is -0.137. The molecule has 1 saturated heterocycles. The van der Waals surface area contributed by atoms with Crippen LogP contribution in [0.3, 0.4) is 0 Å². The Morgan fingerprint density at radius 2 is 1.66 bits per heavy atom. The standard InChI is InChI=1S/C25H23F3N2O5/c1-14-6-11-17-18(12-14)23(33)30(22(17)32)16-9-7-15(8-10-16)24(34)35-13-21(31)29-20-5-3-2-4-19(20)25(26,27)28/h2-5,7-10,14,17-18H,6,11-13H2,1H3,(H,29,31)/t14-,17-,18-/m1/s1. The Hall–Kier alpha value is -3.69. The number of amides is 3. The van der Waals surface area contributed by atoms with Gasteiger partial charge >= 0.3 is 12.1 Å². The minimum absolute atomic E-state index is 0.0578. The Morgan fingerprint density at radius 1 is 1.00 bits per heavy atom. The third-order valence-electron chi connectivity index (χ3n) is 6.39. The van der Waals surface area contributed by atoms with Gasteiger partial charge in [-0.15, -0.1) is 0 Å². The number of anilines is 2. The molecule has 184 valence electrons. The number of carbonyl (C=O) groups is 4. The second-order valence-electron chi connectivity index (χ2n) is 8.86. The van der Waals surface area contributed by atoms with Crippen molar-refractivity contribution in [1.29, 1.82) is 0 Å². The highest BCUT2D eigenvalue weighted by atomic mass is 19.4. The molecule has 2 aliphatic rings. The zero-order valence-corrected chi connectivity index (χ0v) is 18.8. The molecule has 0 radical (unpaired) electrons. The van der Waals surface area contributed by atoms with Crippen LogP contribution in [0.1, 0.15) is 42.1 Å². The predicted molar refractivity (Wildman–Crippen MR) is 119 cm³/mol. The number of fused-ring (bicyclic) bond motifs is 1. The highest BCUT2D eigenvalue weighted by molar-refractivity contribution is 6.22. The van der Waals surface area contributed by atoms with Crippen LogP contribution in [0.15, 0.2) is 48.5 Å². The van der Waals surface area contributed by atoms with Crippen molar-refractivity contribution in [2.24, 2.45) is 17.8 Å². The van der Waals surface area contributed by atoms with E-state index in [2.05, 4.69) is 12.2 Å². The van der Waals surface area contributed by atoms with E-state index in [4.69, 9.17) is 4.74 Å². The molecule has 3 atom stereocenters. The molecule has 4 rings (SSSR count). The van der Waals surface area contributed by atoms with E-state index in [0.717, 1.165) is 23.5 Å². The Kier molecular flexibility index (Phi) is 6.64. The van der Waals surface area contributed by atoms with E-state index in [-0.39, 0.29) is 29.2 Å². The van der Waals surface area contributed by atoms with Crippen LogP contribution in [0.4, 0.5) is 24.5 Å². The summed E-state index contributed by atoms with van der Waals surface area (Å²) in [7, 11) is 0. The molecule has 1 aliphatic heterocycles. The molecule has 35 heavy (non-hydrogen) atoms.